The summed E-state index contributed by atoms with van der Waals surface area (Å²) in [5, 5.41) is 19.8. The second-order valence-electron chi connectivity index (χ2n) is 7.25. The number of hydrogen-bond donors (Lipinski definition) is 3. The van der Waals surface area contributed by atoms with Gasteiger partial charge in [-0.05, 0) is 24.3 Å². The van der Waals surface area contributed by atoms with Crippen LogP contribution in [0, 0.1) is 0 Å². The van der Waals surface area contributed by atoms with Gasteiger partial charge in [-0.3, -0.25) is 0 Å². The molecule has 0 aromatic carbocycles. The molecule has 1 aliphatic rings. The molecular weight excluding hydrogens is 474 g/mol. The molecule has 0 spiro atoms. The normalized spacial score (nSPS) is 12.9. The lowest BCUT2D eigenvalue weighted by molar-refractivity contribution is -0.0524. The average molecular weight is 495 g/mol. The number of aryl methyl sites for hydroxylation is 1. The Balaban J connectivity index is 0.000000672. The Morgan fingerprint density at radius 1 is 1.06 bits per heavy atom. The Morgan fingerprint density at radius 2 is 1.80 bits per heavy atom. The standard InChI is InChI=1S/C20H15F4N5O2.C2H6O2/c21-16(22)15-13(19-29(28-15)8-3-9-30-19)14-12(10-4-1-6-25-17(10)27-14)11-5-2-7-26-18(11)31-20(23)24;3-1-2-4/h1-2,4-7,16,20H,3,8-9H2,(H,25,27);3-4H,1-2H2. The smallest absolute Gasteiger partial charge is 0.388 e. The molecule has 0 radical (unpaired) electrons. The largest absolute Gasteiger partial charge is 0.477 e. The third kappa shape index (κ3) is 4.91. The molecule has 4 aromatic rings. The van der Waals surface area contributed by atoms with Crippen molar-refractivity contribution in [3.05, 3.63) is 42.4 Å². The van der Waals surface area contributed by atoms with Crippen LogP contribution in [-0.2, 0) is 6.54 Å². The molecule has 0 aliphatic carbocycles. The maximum atomic E-state index is 13.9. The SMILES string of the molecule is FC(F)Oc1ncccc1-c1c(-c2c(C(F)F)nn3c2OCCC3)[nH]c2ncccc12.OCCO. The third-order valence-electron chi connectivity index (χ3n) is 5.05. The van der Waals surface area contributed by atoms with Crippen molar-refractivity contribution in [2.75, 3.05) is 19.8 Å². The van der Waals surface area contributed by atoms with Crippen LogP contribution in [0.25, 0.3) is 33.4 Å². The molecule has 5 rings (SSSR count). The molecule has 35 heavy (non-hydrogen) atoms. The molecule has 0 unspecified atom stereocenters. The Labute approximate surface area is 196 Å². The number of hydrogen-bond acceptors (Lipinski definition) is 7. The molecule has 0 bridgehead atoms. The van der Waals surface area contributed by atoms with Crippen molar-refractivity contribution in [1.82, 2.24) is 24.7 Å². The molecule has 186 valence electrons. The minimum Gasteiger partial charge on any atom is -0.477 e. The number of halogens is 4. The van der Waals surface area contributed by atoms with Crippen LogP contribution in [0.3, 0.4) is 0 Å². The first-order valence-corrected chi connectivity index (χ1v) is 10.6. The van der Waals surface area contributed by atoms with Gasteiger partial charge in [0.2, 0.25) is 11.8 Å². The van der Waals surface area contributed by atoms with Crippen LogP contribution in [0.5, 0.6) is 11.8 Å². The first-order valence-electron chi connectivity index (χ1n) is 10.6. The van der Waals surface area contributed by atoms with E-state index >= 15 is 0 Å². The summed E-state index contributed by atoms with van der Waals surface area (Å²) in [7, 11) is 0. The van der Waals surface area contributed by atoms with Gasteiger partial charge in [0.1, 0.15) is 11.3 Å². The number of pyridine rings is 2. The summed E-state index contributed by atoms with van der Waals surface area (Å²) < 4.78 is 65.6. The Bertz CT molecular complexity index is 1290. The summed E-state index contributed by atoms with van der Waals surface area (Å²) in [6.45, 7) is -2.58. The maximum absolute atomic E-state index is 13.9. The number of nitrogens with zero attached hydrogens (tertiary/aromatic N) is 4. The molecule has 13 heteroatoms. The molecule has 3 N–H and O–H groups in total. The van der Waals surface area contributed by atoms with Crippen molar-refractivity contribution < 1.29 is 37.2 Å². The third-order valence-corrected chi connectivity index (χ3v) is 5.05. The number of aliphatic hydroxyl groups is 2. The minimum absolute atomic E-state index is 0.0644. The Morgan fingerprint density at radius 3 is 2.51 bits per heavy atom. The van der Waals surface area contributed by atoms with Gasteiger partial charge in [-0.25, -0.2) is 23.4 Å². The highest BCUT2D eigenvalue weighted by molar-refractivity contribution is 6.04. The zero-order chi connectivity index (χ0) is 24.9. The van der Waals surface area contributed by atoms with Crippen LogP contribution in [-0.4, -0.2) is 61.4 Å². The van der Waals surface area contributed by atoms with E-state index in [0.717, 1.165) is 0 Å². The van der Waals surface area contributed by atoms with Crippen molar-refractivity contribution in [2.45, 2.75) is 26.0 Å². The van der Waals surface area contributed by atoms with Crippen LogP contribution in [0.2, 0.25) is 0 Å². The number of nitrogens with one attached hydrogen (secondary N) is 1. The van der Waals surface area contributed by atoms with Gasteiger partial charge < -0.3 is 24.7 Å². The van der Waals surface area contributed by atoms with Crippen LogP contribution in [0.1, 0.15) is 18.5 Å². The zero-order valence-electron chi connectivity index (χ0n) is 18.2. The predicted octanol–water partition coefficient (Wildman–Crippen LogP) is 3.78. The summed E-state index contributed by atoms with van der Waals surface area (Å²) in [4.78, 5) is 11.2. The molecule has 0 atom stereocenters. The summed E-state index contributed by atoms with van der Waals surface area (Å²) in [5.41, 5.74) is 0.751. The number of H-pyrrole nitrogens is 1. The van der Waals surface area contributed by atoms with Gasteiger partial charge >= 0.3 is 6.61 Å². The van der Waals surface area contributed by atoms with Crippen molar-refractivity contribution in [2.24, 2.45) is 0 Å². The van der Waals surface area contributed by atoms with Crippen molar-refractivity contribution >= 4 is 11.0 Å². The Hall–Kier alpha value is -3.71. The molecular formula is C22H21F4N5O4. The Kier molecular flexibility index (Phi) is 7.46. The summed E-state index contributed by atoms with van der Waals surface area (Å²) in [5.74, 6) is -0.140. The van der Waals surface area contributed by atoms with Gasteiger partial charge in [0.05, 0.1) is 31.1 Å². The van der Waals surface area contributed by atoms with Crippen LogP contribution in [0.4, 0.5) is 17.6 Å². The van der Waals surface area contributed by atoms with Crippen molar-refractivity contribution in [3.8, 4) is 34.1 Å². The zero-order valence-corrected chi connectivity index (χ0v) is 18.2. The highest BCUT2D eigenvalue weighted by Gasteiger charge is 2.32. The van der Waals surface area contributed by atoms with E-state index in [1.165, 1.54) is 23.1 Å². The van der Waals surface area contributed by atoms with Crippen LogP contribution in [0.15, 0.2) is 36.7 Å². The fourth-order valence-electron chi connectivity index (χ4n) is 3.78. The van der Waals surface area contributed by atoms with E-state index in [1.807, 2.05) is 0 Å². The highest BCUT2D eigenvalue weighted by atomic mass is 19.3. The van der Waals surface area contributed by atoms with E-state index in [-0.39, 0.29) is 41.8 Å². The van der Waals surface area contributed by atoms with E-state index in [2.05, 4.69) is 24.8 Å². The fourth-order valence-corrected chi connectivity index (χ4v) is 3.78. The van der Waals surface area contributed by atoms with E-state index in [1.54, 1.807) is 18.2 Å². The van der Waals surface area contributed by atoms with Crippen molar-refractivity contribution in [3.63, 3.8) is 0 Å². The van der Waals surface area contributed by atoms with E-state index in [4.69, 9.17) is 14.9 Å². The second kappa shape index (κ2) is 10.7. The van der Waals surface area contributed by atoms with Gasteiger partial charge in [0, 0.05) is 41.9 Å². The quantitative estimate of drug-likeness (QED) is 0.349. The molecule has 0 saturated carbocycles. The van der Waals surface area contributed by atoms with Gasteiger partial charge in [0.25, 0.3) is 6.43 Å². The predicted molar refractivity (Wildman–Crippen MR) is 116 cm³/mol. The van der Waals surface area contributed by atoms with E-state index in [0.29, 0.717) is 36.2 Å². The van der Waals surface area contributed by atoms with E-state index < -0.39 is 18.7 Å². The molecule has 4 aromatic heterocycles. The van der Waals surface area contributed by atoms with Crippen LogP contribution >= 0.6 is 0 Å². The first kappa shape index (κ1) is 24.4. The number of aromatic amines is 1. The molecule has 0 saturated heterocycles. The summed E-state index contributed by atoms with van der Waals surface area (Å²) >= 11 is 0. The highest BCUT2D eigenvalue weighted by Crippen LogP contribution is 2.47. The lowest BCUT2D eigenvalue weighted by atomic mass is 9.99. The molecule has 0 fully saturated rings. The lowest BCUT2D eigenvalue weighted by Gasteiger charge is -2.16. The first-order chi connectivity index (χ1) is 17.0. The minimum atomic E-state index is -3.11. The number of aliphatic hydroxyl groups excluding tert-OH is 2. The number of ether oxygens (including phenoxy) is 2. The number of rotatable bonds is 6. The van der Waals surface area contributed by atoms with Crippen molar-refractivity contribution in [1.29, 1.82) is 0 Å². The fraction of sp³-hybridized carbons (Fsp3) is 0.318. The van der Waals surface area contributed by atoms with Gasteiger partial charge in [-0.1, -0.05) is 0 Å². The maximum Gasteiger partial charge on any atom is 0.388 e. The molecule has 0 amide bonds. The molecule has 5 heterocycles. The monoisotopic (exact) mass is 495 g/mol. The topological polar surface area (TPSA) is 118 Å². The lowest BCUT2D eigenvalue weighted by Crippen LogP contribution is -2.15. The van der Waals surface area contributed by atoms with Gasteiger partial charge in [-0.2, -0.15) is 13.9 Å². The van der Waals surface area contributed by atoms with Gasteiger partial charge in [-0.15, -0.1) is 0 Å². The van der Waals surface area contributed by atoms with Crippen LogP contribution < -0.4 is 9.47 Å². The number of aromatic nitrogens is 5. The summed E-state index contributed by atoms with van der Waals surface area (Å²) in [6.07, 6.45) is 0.593. The number of alkyl halides is 4. The second-order valence-corrected chi connectivity index (χ2v) is 7.25. The molecule has 9 nitrogen and oxygen atoms in total. The van der Waals surface area contributed by atoms with Gasteiger partial charge in [0.15, 0.2) is 0 Å². The number of fused-ring (bicyclic) bond motifs is 2. The summed E-state index contributed by atoms with van der Waals surface area (Å²) in [6, 6.07) is 6.44. The molecule has 1 aliphatic heterocycles. The van der Waals surface area contributed by atoms with E-state index in [9.17, 15) is 17.6 Å². The average Bonchev–Trinajstić information content (AvgIpc) is 3.43.